The minimum Gasteiger partial charge on any atom is -0.353 e. The van der Waals surface area contributed by atoms with E-state index in [1.165, 1.54) is 36.2 Å². The summed E-state index contributed by atoms with van der Waals surface area (Å²) in [6.07, 6.45) is 4.72. The lowest BCUT2D eigenvalue weighted by molar-refractivity contribution is -0.137. The number of hydrogen-bond acceptors (Lipinski definition) is 4. The van der Waals surface area contributed by atoms with Gasteiger partial charge in [0.05, 0.1) is 5.56 Å². The molecule has 1 aliphatic heterocycles. The van der Waals surface area contributed by atoms with Crippen molar-refractivity contribution in [2.45, 2.75) is 63.6 Å². The smallest absolute Gasteiger partial charge is 0.353 e. The number of carbonyl (C=O) groups excluding carboxylic acids is 1. The number of amides is 1. The quantitative estimate of drug-likeness (QED) is 0.816. The van der Waals surface area contributed by atoms with Crippen molar-refractivity contribution in [3.05, 3.63) is 23.9 Å². The molecule has 158 valence electrons. The summed E-state index contributed by atoms with van der Waals surface area (Å²) in [5.41, 5.74) is -0.342. The molecule has 1 saturated heterocycles. The van der Waals surface area contributed by atoms with Crippen molar-refractivity contribution in [2.75, 3.05) is 18.0 Å². The van der Waals surface area contributed by atoms with E-state index in [2.05, 4.69) is 15.5 Å². The summed E-state index contributed by atoms with van der Waals surface area (Å²) >= 11 is 0. The minimum absolute atomic E-state index is 0.104. The molecular formula is C20H26F3N5O. The number of anilines is 1. The summed E-state index contributed by atoms with van der Waals surface area (Å²) in [7, 11) is 0. The van der Waals surface area contributed by atoms with Gasteiger partial charge < -0.3 is 10.2 Å². The number of carbonyl (C=O) groups is 1. The van der Waals surface area contributed by atoms with Crippen LogP contribution in [0.3, 0.4) is 0 Å². The molecule has 0 spiro atoms. The van der Waals surface area contributed by atoms with E-state index in [4.69, 9.17) is 0 Å². The zero-order valence-electron chi connectivity index (χ0n) is 16.3. The van der Waals surface area contributed by atoms with Crippen molar-refractivity contribution in [3.8, 4) is 0 Å². The fraction of sp³-hybridized carbons (Fsp3) is 0.650. The van der Waals surface area contributed by atoms with Gasteiger partial charge in [-0.2, -0.15) is 13.2 Å². The average molecular weight is 409 g/mol. The molecule has 6 nitrogen and oxygen atoms in total. The van der Waals surface area contributed by atoms with Crippen LogP contribution in [0.15, 0.2) is 18.3 Å². The van der Waals surface area contributed by atoms with Crippen molar-refractivity contribution in [1.29, 1.82) is 0 Å². The van der Waals surface area contributed by atoms with Crippen LogP contribution in [0.4, 0.5) is 19.1 Å². The van der Waals surface area contributed by atoms with Gasteiger partial charge in [-0.25, -0.2) is 0 Å². The molecule has 2 aromatic rings. The van der Waals surface area contributed by atoms with Gasteiger partial charge in [0, 0.05) is 31.7 Å². The molecule has 1 amide bonds. The summed E-state index contributed by atoms with van der Waals surface area (Å²) in [6.45, 7) is 1.23. The Morgan fingerprint density at radius 3 is 2.52 bits per heavy atom. The topological polar surface area (TPSA) is 62.5 Å². The van der Waals surface area contributed by atoms with Crippen molar-refractivity contribution in [3.63, 3.8) is 0 Å². The SMILES string of the molecule is O=C(CCC1CCCC1)NC1CCN(c2nnc3ccc(C(F)(F)F)cn23)CC1. The van der Waals surface area contributed by atoms with E-state index in [-0.39, 0.29) is 11.9 Å². The predicted octanol–water partition coefficient (Wildman–Crippen LogP) is 3.80. The van der Waals surface area contributed by atoms with Gasteiger partial charge in [-0.3, -0.25) is 9.20 Å². The maximum Gasteiger partial charge on any atom is 0.417 e. The molecular weight excluding hydrogens is 383 g/mol. The van der Waals surface area contributed by atoms with Crippen LogP contribution in [0.1, 0.15) is 56.9 Å². The molecule has 2 aliphatic rings. The Labute approximate surface area is 167 Å². The molecule has 0 radical (unpaired) electrons. The molecule has 0 bridgehead atoms. The lowest BCUT2D eigenvalue weighted by Crippen LogP contribution is -2.45. The Hall–Kier alpha value is -2.32. The first-order valence-electron chi connectivity index (χ1n) is 10.4. The summed E-state index contributed by atoms with van der Waals surface area (Å²) in [4.78, 5) is 14.2. The number of nitrogens with zero attached hydrogens (tertiary/aromatic N) is 4. The number of alkyl halides is 3. The monoisotopic (exact) mass is 409 g/mol. The van der Waals surface area contributed by atoms with E-state index in [1.807, 2.05) is 4.90 Å². The standard InChI is InChI=1S/C20H26F3N5O/c21-20(22,23)15-6-7-17-25-26-19(28(17)13-15)27-11-9-16(10-12-27)24-18(29)8-5-14-3-1-2-4-14/h6-7,13-14,16H,1-5,8-12H2,(H,24,29). The Balaban J connectivity index is 1.33. The third-order valence-electron chi connectivity index (χ3n) is 6.11. The van der Waals surface area contributed by atoms with E-state index in [0.717, 1.165) is 31.5 Å². The largest absolute Gasteiger partial charge is 0.417 e. The van der Waals surface area contributed by atoms with Crippen LogP contribution in [-0.4, -0.2) is 39.6 Å². The van der Waals surface area contributed by atoms with Crippen LogP contribution in [0.2, 0.25) is 0 Å². The number of fused-ring (bicyclic) bond motifs is 1. The van der Waals surface area contributed by atoms with Crippen LogP contribution in [-0.2, 0) is 11.0 Å². The highest BCUT2D eigenvalue weighted by Crippen LogP contribution is 2.31. The lowest BCUT2D eigenvalue weighted by Gasteiger charge is -2.32. The second-order valence-electron chi connectivity index (χ2n) is 8.16. The Bertz CT molecular complexity index is 851. The van der Waals surface area contributed by atoms with E-state index in [9.17, 15) is 18.0 Å². The highest BCUT2D eigenvalue weighted by molar-refractivity contribution is 5.76. The average Bonchev–Trinajstić information content (AvgIpc) is 3.35. The van der Waals surface area contributed by atoms with Crippen molar-refractivity contribution in [2.24, 2.45) is 5.92 Å². The van der Waals surface area contributed by atoms with Crippen LogP contribution >= 0.6 is 0 Å². The maximum absolute atomic E-state index is 13.0. The van der Waals surface area contributed by atoms with Gasteiger partial charge >= 0.3 is 6.18 Å². The van der Waals surface area contributed by atoms with Crippen molar-refractivity contribution >= 4 is 17.5 Å². The molecule has 0 atom stereocenters. The fourth-order valence-corrected chi connectivity index (χ4v) is 4.42. The third kappa shape index (κ3) is 4.64. The summed E-state index contributed by atoms with van der Waals surface area (Å²) < 4.78 is 40.5. The summed E-state index contributed by atoms with van der Waals surface area (Å²) in [5.74, 6) is 1.22. The molecule has 1 N–H and O–H groups in total. The molecule has 29 heavy (non-hydrogen) atoms. The number of halogens is 3. The molecule has 0 unspecified atom stereocenters. The fourth-order valence-electron chi connectivity index (χ4n) is 4.42. The molecule has 2 fully saturated rings. The van der Waals surface area contributed by atoms with Gasteiger partial charge in [0.15, 0.2) is 5.65 Å². The number of aromatic nitrogens is 3. The zero-order valence-corrected chi connectivity index (χ0v) is 16.3. The second kappa shape index (κ2) is 8.20. The third-order valence-corrected chi connectivity index (χ3v) is 6.11. The Morgan fingerprint density at radius 1 is 1.10 bits per heavy atom. The summed E-state index contributed by atoms with van der Waals surface area (Å²) in [5, 5.41) is 11.2. The lowest BCUT2D eigenvalue weighted by atomic mass is 10.0. The Morgan fingerprint density at radius 2 is 1.83 bits per heavy atom. The van der Waals surface area contributed by atoms with Crippen molar-refractivity contribution in [1.82, 2.24) is 19.9 Å². The maximum atomic E-state index is 13.0. The number of pyridine rings is 1. The van der Waals surface area contributed by atoms with E-state index >= 15 is 0 Å². The van der Waals surface area contributed by atoms with Crippen molar-refractivity contribution < 1.29 is 18.0 Å². The molecule has 2 aromatic heterocycles. The van der Waals surface area contributed by atoms with Gasteiger partial charge in [-0.15, -0.1) is 10.2 Å². The normalized spacial score (nSPS) is 19.2. The van der Waals surface area contributed by atoms with Gasteiger partial charge in [0.1, 0.15) is 0 Å². The van der Waals surface area contributed by atoms with E-state index in [1.54, 1.807) is 0 Å². The number of hydrogen-bond donors (Lipinski definition) is 1. The first-order chi connectivity index (χ1) is 13.9. The van der Waals surface area contributed by atoms with E-state index in [0.29, 0.717) is 37.0 Å². The van der Waals surface area contributed by atoms with Gasteiger partial charge in [0.2, 0.25) is 11.9 Å². The highest BCUT2D eigenvalue weighted by atomic mass is 19.4. The molecule has 1 aliphatic carbocycles. The summed E-state index contributed by atoms with van der Waals surface area (Å²) in [6, 6.07) is 2.45. The first kappa shape index (κ1) is 20.0. The van der Waals surface area contributed by atoms with Crippen LogP contribution in [0, 0.1) is 5.92 Å². The van der Waals surface area contributed by atoms with Crippen LogP contribution in [0.5, 0.6) is 0 Å². The van der Waals surface area contributed by atoms with E-state index < -0.39 is 11.7 Å². The first-order valence-corrected chi connectivity index (χ1v) is 10.4. The van der Waals surface area contributed by atoms with Gasteiger partial charge in [0.25, 0.3) is 0 Å². The zero-order chi connectivity index (χ0) is 20.4. The van der Waals surface area contributed by atoms with Crippen LogP contribution < -0.4 is 10.2 Å². The molecule has 0 aromatic carbocycles. The molecule has 9 heteroatoms. The Kier molecular flexibility index (Phi) is 5.65. The predicted molar refractivity (Wildman–Crippen MR) is 103 cm³/mol. The second-order valence-corrected chi connectivity index (χ2v) is 8.16. The van der Waals surface area contributed by atoms with Gasteiger partial charge in [-0.05, 0) is 37.3 Å². The molecule has 4 rings (SSSR count). The molecule has 3 heterocycles. The minimum atomic E-state index is -4.41. The van der Waals surface area contributed by atoms with Gasteiger partial charge in [-0.1, -0.05) is 25.7 Å². The number of rotatable bonds is 5. The van der Waals surface area contributed by atoms with Crippen LogP contribution in [0.25, 0.3) is 5.65 Å². The molecule has 1 saturated carbocycles. The number of piperidine rings is 1. The number of nitrogens with one attached hydrogen (secondary N) is 1. The highest BCUT2D eigenvalue weighted by Gasteiger charge is 2.32.